The van der Waals surface area contributed by atoms with Crippen molar-refractivity contribution in [3.8, 4) is 0 Å². The fourth-order valence-corrected chi connectivity index (χ4v) is 2.17. The standard InChI is InChI=1S/C11H18NO2/c13-11(10-4-8-14-9-5-10)12-6-2-1-3-7-12/h1,10H,2-9H2. The van der Waals surface area contributed by atoms with E-state index in [-0.39, 0.29) is 5.92 Å². The number of rotatable bonds is 1. The minimum absolute atomic E-state index is 0.238. The van der Waals surface area contributed by atoms with Crippen molar-refractivity contribution in [1.29, 1.82) is 0 Å². The number of hydrogen-bond acceptors (Lipinski definition) is 2. The zero-order chi connectivity index (χ0) is 9.80. The third kappa shape index (κ3) is 2.27. The van der Waals surface area contributed by atoms with Crippen LogP contribution in [0.2, 0.25) is 0 Å². The second-order valence-electron chi connectivity index (χ2n) is 4.08. The molecule has 2 heterocycles. The van der Waals surface area contributed by atoms with Crippen LogP contribution in [0.15, 0.2) is 0 Å². The van der Waals surface area contributed by atoms with Crippen LogP contribution in [-0.4, -0.2) is 37.1 Å². The quantitative estimate of drug-likeness (QED) is 0.631. The Kier molecular flexibility index (Phi) is 3.40. The Balaban J connectivity index is 1.85. The van der Waals surface area contributed by atoms with Gasteiger partial charge < -0.3 is 9.64 Å². The molecule has 1 amide bonds. The molecule has 2 aliphatic rings. The maximum absolute atomic E-state index is 12.0. The molecule has 2 rings (SSSR count). The van der Waals surface area contributed by atoms with Crippen LogP contribution in [0.1, 0.15) is 25.7 Å². The molecule has 0 aromatic carbocycles. The van der Waals surface area contributed by atoms with Gasteiger partial charge in [-0.2, -0.15) is 0 Å². The molecular formula is C11H18NO2. The van der Waals surface area contributed by atoms with Crippen LogP contribution < -0.4 is 0 Å². The Bertz CT molecular complexity index is 173. The first-order valence-corrected chi connectivity index (χ1v) is 5.56. The Morgan fingerprint density at radius 3 is 2.50 bits per heavy atom. The molecule has 1 radical (unpaired) electrons. The summed E-state index contributed by atoms with van der Waals surface area (Å²) < 4.78 is 5.26. The van der Waals surface area contributed by atoms with Gasteiger partial charge in [0, 0.05) is 32.2 Å². The molecular weight excluding hydrogens is 178 g/mol. The summed E-state index contributed by atoms with van der Waals surface area (Å²) in [5, 5.41) is 0. The average Bonchev–Trinajstić information content (AvgIpc) is 2.30. The molecule has 2 saturated heterocycles. The van der Waals surface area contributed by atoms with Gasteiger partial charge in [0.2, 0.25) is 5.91 Å². The molecule has 0 bridgehead atoms. The minimum atomic E-state index is 0.238. The summed E-state index contributed by atoms with van der Waals surface area (Å²) in [6, 6.07) is 0. The Morgan fingerprint density at radius 1 is 1.21 bits per heavy atom. The molecule has 79 valence electrons. The highest BCUT2D eigenvalue weighted by Crippen LogP contribution is 2.19. The average molecular weight is 196 g/mol. The number of nitrogens with zero attached hydrogens (tertiary/aromatic N) is 1. The van der Waals surface area contributed by atoms with Gasteiger partial charge in [0.25, 0.3) is 0 Å². The van der Waals surface area contributed by atoms with Crippen molar-refractivity contribution in [1.82, 2.24) is 4.90 Å². The van der Waals surface area contributed by atoms with Gasteiger partial charge in [-0.3, -0.25) is 4.79 Å². The van der Waals surface area contributed by atoms with Gasteiger partial charge in [0.1, 0.15) is 0 Å². The van der Waals surface area contributed by atoms with Gasteiger partial charge in [0.05, 0.1) is 0 Å². The molecule has 0 saturated carbocycles. The molecule has 0 N–H and O–H groups in total. The van der Waals surface area contributed by atoms with Crippen molar-refractivity contribution in [3.63, 3.8) is 0 Å². The number of hydrogen-bond donors (Lipinski definition) is 0. The number of carbonyl (C=O) groups excluding carboxylic acids is 1. The lowest BCUT2D eigenvalue weighted by atomic mass is 9.97. The monoisotopic (exact) mass is 196 g/mol. The van der Waals surface area contributed by atoms with Gasteiger partial charge in [-0.05, 0) is 32.1 Å². The number of ether oxygens (including phenoxy) is 1. The van der Waals surface area contributed by atoms with Gasteiger partial charge in [-0.1, -0.05) is 0 Å². The van der Waals surface area contributed by atoms with Crippen LogP contribution >= 0.6 is 0 Å². The molecule has 0 unspecified atom stereocenters. The third-order valence-corrected chi connectivity index (χ3v) is 3.09. The smallest absolute Gasteiger partial charge is 0.225 e. The highest BCUT2D eigenvalue weighted by atomic mass is 16.5. The van der Waals surface area contributed by atoms with E-state index in [0.717, 1.165) is 52.0 Å². The van der Waals surface area contributed by atoms with Crippen molar-refractivity contribution in [2.75, 3.05) is 26.3 Å². The lowest BCUT2D eigenvalue weighted by Crippen LogP contribution is -2.41. The maximum atomic E-state index is 12.0. The van der Waals surface area contributed by atoms with E-state index in [4.69, 9.17) is 4.74 Å². The zero-order valence-electron chi connectivity index (χ0n) is 8.58. The second kappa shape index (κ2) is 4.78. The minimum Gasteiger partial charge on any atom is -0.381 e. The van der Waals surface area contributed by atoms with Gasteiger partial charge in [-0.15, -0.1) is 0 Å². The summed E-state index contributed by atoms with van der Waals surface area (Å²) in [6.45, 7) is 3.37. The Hall–Kier alpha value is -0.570. The molecule has 14 heavy (non-hydrogen) atoms. The third-order valence-electron chi connectivity index (χ3n) is 3.09. The zero-order valence-corrected chi connectivity index (χ0v) is 8.58. The van der Waals surface area contributed by atoms with E-state index in [1.54, 1.807) is 0 Å². The van der Waals surface area contributed by atoms with Crippen molar-refractivity contribution in [2.24, 2.45) is 5.92 Å². The molecule has 0 aliphatic carbocycles. The Morgan fingerprint density at radius 2 is 1.86 bits per heavy atom. The first kappa shape index (κ1) is 9.97. The first-order valence-electron chi connectivity index (χ1n) is 5.56. The van der Waals surface area contributed by atoms with E-state index >= 15 is 0 Å². The SMILES string of the molecule is O=C(C1CCOCC1)N1CC[CH]CC1. The largest absolute Gasteiger partial charge is 0.381 e. The number of amides is 1. The first-order chi connectivity index (χ1) is 6.88. The van der Waals surface area contributed by atoms with E-state index in [1.165, 1.54) is 0 Å². The summed E-state index contributed by atoms with van der Waals surface area (Å²) in [6.07, 6.45) is 6.23. The molecule has 0 aromatic rings. The summed E-state index contributed by atoms with van der Waals surface area (Å²) in [7, 11) is 0. The predicted octanol–water partition coefficient (Wildman–Crippen LogP) is 1.24. The molecule has 0 aromatic heterocycles. The highest BCUT2D eigenvalue weighted by molar-refractivity contribution is 5.79. The molecule has 0 spiro atoms. The molecule has 2 fully saturated rings. The highest BCUT2D eigenvalue weighted by Gasteiger charge is 2.26. The Labute approximate surface area is 85.4 Å². The van der Waals surface area contributed by atoms with Crippen LogP contribution in [-0.2, 0) is 9.53 Å². The number of likely N-dealkylation sites (tertiary alicyclic amines) is 1. The van der Waals surface area contributed by atoms with E-state index in [2.05, 4.69) is 6.42 Å². The van der Waals surface area contributed by atoms with Gasteiger partial charge >= 0.3 is 0 Å². The number of carbonyl (C=O) groups is 1. The van der Waals surface area contributed by atoms with E-state index in [1.807, 2.05) is 4.90 Å². The van der Waals surface area contributed by atoms with Crippen LogP contribution in [0.4, 0.5) is 0 Å². The summed E-state index contributed by atoms with van der Waals surface area (Å²) >= 11 is 0. The van der Waals surface area contributed by atoms with Crippen molar-refractivity contribution in [3.05, 3.63) is 6.42 Å². The van der Waals surface area contributed by atoms with Crippen LogP contribution in [0.5, 0.6) is 0 Å². The summed E-state index contributed by atoms with van der Waals surface area (Å²) in [4.78, 5) is 14.0. The van der Waals surface area contributed by atoms with Crippen LogP contribution in [0, 0.1) is 12.3 Å². The fraction of sp³-hybridized carbons (Fsp3) is 0.818. The van der Waals surface area contributed by atoms with Crippen molar-refractivity contribution >= 4 is 5.91 Å². The predicted molar refractivity (Wildman–Crippen MR) is 53.7 cm³/mol. The van der Waals surface area contributed by atoms with Crippen molar-refractivity contribution < 1.29 is 9.53 Å². The van der Waals surface area contributed by atoms with Crippen molar-refractivity contribution in [2.45, 2.75) is 25.7 Å². The molecule has 0 atom stereocenters. The number of piperidine rings is 1. The summed E-state index contributed by atoms with van der Waals surface area (Å²) in [5.74, 6) is 0.600. The van der Waals surface area contributed by atoms with Gasteiger partial charge in [0.15, 0.2) is 0 Å². The lowest BCUT2D eigenvalue weighted by Gasteiger charge is -2.31. The van der Waals surface area contributed by atoms with E-state index in [9.17, 15) is 4.79 Å². The lowest BCUT2D eigenvalue weighted by molar-refractivity contribution is -0.139. The second-order valence-corrected chi connectivity index (χ2v) is 4.08. The topological polar surface area (TPSA) is 29.5 Å². The summed E-state index contributed by atoms with van der Waals surface area (Å²) in [5.41, 5.74) is 0. The molecule has 3 heteroatoms. The normalized spacial score (nSPS) is 25.0. The van der Waals surface area contributed by atoms with Crippen LogP contribution in [0.25, 0.3) is 0 Å². The maximum Gasteiger partial charge on any atom is 0.225 e. The molecule has 3 nitrogen and oxygen atoms in total. The van der Waals surface area contributed by atoms with Gasteiger partial charge in [-0.25, -0.2) is 0 Å². The van der Waals surface area contributed by atoms with E-state index < -0.39 is 0 Å². The van der Waals surface area contributed by atoms with E-state index in [0.29, 0.717) is 5.91 Å². The van der Waals surface area contributed by atoms with Crippen LogP contribution in [0.3, 0.4) is 0 Å². The fourth-order valence-electron chi connectivity index (χ4n) is 2.17. The molecule has 2 aliphatic heterocycles.